The molecule has 182 valence electrons. The number of allylic oxidation sites excluding steroid dienone is 4. The van der Waals surface area contributed by atoms with Gasteiger partial charge in [0.2, 0.25) is 11.8 Å². The molecule has 2 aromatic rings. The van der Waals surface area contributed by atoms with Crippen molar-refractivity contribution < 1.29 is 19.1 Å². The molecule has 0 N–H and O–H groups in total. The number of para-hydroxylation sites is 2. The second-order valence-corrected chi connectivity index (χ2v) is 7.92. The fourth-order valence-corrected chi connectivity index (χ4v) is 3.77. The maximum absolute atomic E-state index is 12.6. The Bertz CT molecular complexity index is 1030. The topological polar surface area (TPSA) is 59.1 Å². The van der Waals surface area contributed by atoms with Crippen molar-refractivity contribution in [1.82, 2.24) is 9.80 Å². The first kappa shape index (κ1) is 25.6. The molecule has 0 bridgehead atoms. The Morgan fingerprint density at radius 1 is 0.657 bits per heavy atom. The minimum absolute atomic E-state index is 0.0562. The van der Waals surface area contributed by atoms with Crippen LogP contribution in [0.15, 0.2) is 85.0 Å². The molecule has 6 heteroatoms. The van der Waals surface area contributed by atoms with Gasteiger partial charge in [-0.05, 0) is 18.6 Å². The summed E-state index contributed by atoms with van der Waals surface area (Å²) in [4.78, 5) is 28.8. The molecule has 2 aromatic carbocycles. The number of carbonyl (C=O) groups excluding carboxylic acids is 2. The first-order valence-corrected chi connectivity index (χ1v) is 11.7. The van der Waals surface area contributed by atoms with E-state index in [1.165, 1.54) is 0 Å². The van der Waals surface area contributed by atoms with E-state index in [0.29, 0.717) is 26.2 Å². The van der Waals surface area contributed by atoms with Crippen LogP contribution in [0.3, 0.4) is 0 Å². The van der Waals surface area contributed by atoms with Crippen LogP contribution in [0.2, 0.25) is 0 Å². The van der Waals surface area contributed by atoms with E-state index in [9.17, 15) is 9.59 Å². The number of amides is 2. The van der Waals surface area contributed by atoms with Crippen LogP contribution in [0.25, 0.3) is 12.2 Å². The van der Waals surface area contributed by atoms with E-state index in [1.807, 2.05) is 72.8 Å². The average molecular weight is 473 g/mol. The van der Waals surface area contributed by atoms with Crippen LogP contribution in [0, 0.1) is 0 Å². The zero-order chi connectivity index (χ0) is 24.9. The van der Waals surface area contributed by atoms with Gasteiger partial charge in [-0.15, -0.1) is 0 Å². The standard InChI is InChI=1S/C29H32N2O4/c1-34-26-16-7-3-12-24(26)14-5-9-18-28(32)30-20-11-21-31(23-22-30)29(33)19-10-6-15-25-13-4-8-17-27(25)35-2/h3-10,12-19H,11,20-23H2,1-2H3/b14-5+,15-6+,18-9+,19-10+. The summed E-state index contributed by atoms with van der Waals surface area (Å²) in [5.41, 5.74) is 1.89. The van der Waals surface area contributed by atoms with Crippen LogP contribution >= 0.6 is 0 Å². The second-order valence-electron chi connectivity index (χ2n) is 7.92. The minimum atomic E-state index is -0.0562. The zero-order valence-corrected chi connectivity index (χ0v) is 20.3. The summed E-state index contributed by atoms with van der Waals surface area (Å²) >= 11 is 0. The molecule has 1 aliphatic rings. The van der Waals surface area contributed by atoms with Crippen molar-refractivity contribution in [1.29, 1.82) is 0 Å². The molecule has 0 saturated carbocycles. The van der Waals surface area contributed by atoms with E-state index in [2.05, 4.69) is 0 Å². The van der Waals surface area contributed by atoms with Crippen molar-refractivity contribution in [2.45, 2.75) is 6.42 Å². The monoisotopic (exact) mass is 472 g/mol. The summed E-state index contributed by atoms with van der Waals surface area (Å²) in [6.45, 7) is 2.27. The van der Waals surface area contributed by atoms with Crippen LogP contribution in [0.1, 0.15) is 17.5 Å². The van der Waals surface area contributed by atoms with Gasteiger partial charge in [-0.3, -0.25) is 9.59 Å². The fourth-order valence-electron chi connectivity index (χ4n) is 3.77. The minimum Gasteiger partial charge on any atom is -0.496 e. The Morgan fingerprint density at radius 2 is 1.09 bits per heavy atom. The molecule has 0 spiro atoms. The summed E-state index contributed by atoms with van der Waals surface area (Å²) in [5, 5.41) is 0. The molecule has 0 radical (unpaired) electrons. The number of hydrogen-bond donors (Lipinski definition) is 0. The molecular formula is C29H32N2O4. The van der Waals surface area contributed by atoms with Crippen LogP contribution < -0.4 is 9.47 Å². The van der Waals surface area contributed by atoms with Gasteiger partial charge in [0.1, 0.15) is 11.5 Å². The Morgan fingerprint density at radius 3 is 1.51 bits per heavy atom. The lowest BCUT2D eigenvalue weighted by atomic mass is 10.2. The molecule has 3 rings (SSSR count). The SMILES string of the molecule is COc1ccccc1/C=C/C=C/C(=O)N1CCCN(C(=O)/C=C/C=C/c2ccccc2OC)CC1. The number of carbonyl (C=O) groups is 2. The van der Waals surface area contributed by atoms with E-state index < -0.39 is 0 Å². The van der Waals surface area contributed by atoms with E-state index in [4.69, 9.17) is 9.47 Å². The van der Waals surface area contributed by atoms with Crippen molar-refractivity contribution >= 4 is 24.0 Å². The van der Waals surface area contributed by atoms with Crippen LogP contribution in [-0.2, 0) is 9.59 Å². The molecule has 1 saturated heterocycles. The van der Waals surface area contributed by atoms with Gasteiger partial charge >= 0.3 is 0 Å². The summed E-state index contributed by atoms with van der Waals surface area (Å²) in [6.07, 6.45) is 14.8. The Balaban J connectivity index is 1.49. The van der Waals surface area contributed by atoms with E-state index in [-0.39, 0.29) is 11.8 Å². The molecule has 0 unspecified atom stereocenters. The predicted octanol–water partition coefficient (Wildman–Crippen LogP) is 4.60. The number of hydrogen-bond acceptors (Lipinski definition) is 4. The van der Waals surface area contributed by atoms with Crippen molar-refractivity contribution in [3.63, 3.8) is 0 Å². The van der Waals surface area contributed by atoms with Gasteiger partial charge in [-0.25, -0.2) is 0 Å². The van der Waals surface area contributed by atoms with Gasteiger partial charge < -0.3 is 19.3 Å². The number of methoxy groups -OCH3 is 2. The molecule has 0 aromatic heterocycles. The number of benzene rings is 2. The number of nitrogens with zero attached hydrogens (tertiary/aromatic N) is 2. The van der Waals surface area contributed by atoms with Crippen molar-refractivity contribution in [3.8, 4) is 11.5 Å². The Hall–Kier alpha value is -4.06. The summed E-state index contributed by atoms with van der Waals surface area (Å²) in [5.74, 6) is 1.45. The van der Waals surface area contributed by atoms with Gasteiger partial charge in [0.05, 0.1) is 14.2 Å². The molecule has 0 aliphatic carbocycles. The van der Waals surface area contributed by atoms with Crippen LogP contribution in [0.4, 0.5) is 0 Å². The Labute approximate surface area is 207 Å². The maximum atomic E-state index is 12.6. The normalized spacial score (nSPS) is 14.8. The lowest BCUT2D eigenvalue weighted by molar-refractivity contribution is -0.128. The number of ether oxygens (including phenoxy) is 2. The fraction of sp³-hybridized carbons (Fsp3) is 0.241. The summed E-state index contributed by atoms with van der Waals surface area (Å²) < 4.78 is 10.7. The van der Waals surface area contributed by atoms with Gasteiger partial charge in [-0.1, -0.05) is 72.9 Å². The van der Waals surface area contributed by atoms with Crippen molar-refractivity contribution in [2.24, 2.45) is 0 Å². The van der Waals surface area contributed by atoms with Crippen molar-refractivity contribution in [3.05, 3.63) is 96.1 Å². The molecule has 0 atom stereocenters. The van der Waals surface area contributed by atoms with Gasteiger partial charge in [0.15, 0.2) is 0 Å². The number of rotatable bonds is 8. The Kier molecular flexibility index (Phi) is 9.93. The third-order valence-electron chi connectivity index (χ3n) is 5.65. The van der Waals surface area contributed by atoms with Crippen molar-refractivity contribution in [2.75, 3.05) is 40.4 Å². The van der Waals surface area contributed by atoms with E-state index >= 15 is 0 Å². The largest absolute Gasteiger partial charge is 0.496 e. The maximum Gasteiger partial charge on any atom is 0.246 e. The third-order valence-corrected chi connectivity index (χ3v) is 5.65. The van der Waals surface area contributed by atoms with Gasteiger partial charge in [0.25, 0.3) is 0 Å². The first-order valence-electron chi connectivity index (χ1n) is 11.7. The smallest absolute Gasteiger partial charge is 0.246 e. The van der Waals surface area contributed by atoms with Crippen LogP contribution in [-0.4, -0.2) is 62.0 Å². The third kappa shape index (κ3) is 7.74. The average Bonchev–Trinajstić information content (AvgIpc) is 3.16. The highest BCUT2D eigenvalue weighted by molar-refractivity contribution is 5.89. The highest BCUT2D eigenvalue weighted by Gasteiger charge is 2.19. The molecule has 6 nitrogen and oxygen atoms in total. The van der Waals surface area contributed by atoms with E-state index in [1.54, 1.807) is 48.3 Å². The molecule has 1 heterocycles. The predicted molar refractivity (Wildman–Crippen MR) is 140 cm³/mol. The molecule has 35 heavy (non-hydrogen) atoms. The quantitative estimate of drug-likeness (QED) is 0.416. The lowest BCUT2D eigenvalue weighted by Crippen LogP contribution is -2.36. The van der Waals surface area contributed by atoms with Gasteiger partial charge in [0, 0.05) is 49.5 Å². The van der Waals surface area contributed by atoms with Gasteiger partial charge in [-0.2, -0.15) is 0 Å². The molecule has 2 amide bonds. The van der Waals surface area contributed by atoms with E-state index in [0.717, 1.165) is 29.0 Å². The zero-order valence-electron chi connectivity index (χ0n) is 20.3. The molecular weight excluding hydrogens is 440 g/mol. The summed E-state index contributed by atoms with van der Waals surface area (Å²) in [6, 6.07) is 15.4. The lowest BCUT2D eigenvalue weighted by Gasteiger charge is -2.20. The molecule has 1 fully saturated rings. The highest BCUT2D eigenvalue weighted by atomic mass is 16.5. The first-order chi connectivity index (χ1) is 17.1. The van der Waals surface area contributed by atoms with Crippen LogP contribution in [0.5, 0.6) is 11.5 Å². The summed E-state index contributed by atoms with van der Waals surface area (Å²) in [7, 11) is 3.27. The second kappa shape index (κ2) is 13.6. The molecule has 1 aliphatic heterocycles. The highest BCUT2D eigenvalue weighted by Crippen LogP contribution is 2.19.